The standard InChI is InChI=1S/C24H22N2O4/c1-24(2)15-26(25-22(24)16-11-12-20(27)21(28)14-16)23(29)17-7-6-10-19(13-17)30-18-8-4-3-5-9-18/h3-14,27-28H,15H2,1-2H3. The number of para-hydroxylation sites is 1. The molecule has 3 aromatic rings. The van der Waals surface area contributed by atoms with Crippen LogP contribution in [0.5, 0.6) is 23.0 Å². The number of nitrogens with zero attached hydrogens (tertiary/aromatic N) is 2. The molecule has 0 saturated carbocycles. The van der Waals surface area contributed by atoms with E-state index in [1.807, 2.05) is 44.2 Å². The number of phenols is 2. The topological polar surface area (TPSA) is 82.4 Å². The van der Waals surface area contributed by atoms with Gasteiger partial charge in [0.2, 0.25) is 0 Å². The Balaban J connectivity index is 1.60. The summed E-state index contributed by atoms with van der Waals surface area (Å²) in [4.78, 5) is 13.1. The number of hydrazone groups is 1. The molecule has 0 aromatic heterocycles. The molecule has 0 fully saturated rings. The second kappa shape index (κ2) is 7.55. The van der Waals surface area contributed by atoms with Crippen molar-refractivity contribution in [3.8, 4) is 23.0 Å². The predicted octanol–water partition coefficient (Wildman–Crippen LogP) is 4.78. The Bertz CT molecular complexity index is 1120. The van der Waals surface area contributed by atoms with Crippen molar-refractivity contribution in [2.24, 2.45) is 10.5 Å². The summed E-state index contributed by atoms with van der Waals surface area (Å²) in [5, 5.41) is 25.4. The number of rotatable bonds is 4. The highest BCUT2D eigenvalue weighted by molar-refractivity contribution is 6.08. The fourth-order valence-corrected chi connectivity index (χ4v) is 3.44. The van der Waals surface area contributed by atoms with Gasteiger partial charge in [-0.1, -0.05) is 38.1 Å². The predicted molar refractivity (Wildman–Crippen MR) is 114 cm³/mol. The minimum absolute atomic E-state index is 0.196. The Morgan fingerprint density at radius 3 is 2.40 bits per heavy atom. The molecule has 4 rings (SSSR count). The van der Waals surface area contributed by atoms with E-state index in [9.17, 15) is 15.0 Å². The molecule has 1 aliphatic rings. The van der Waals surface area contributed by atoms with Gasteiger partial charge < -0.3 is 14.9 Å². The van der Waals surface area contributed by atoms with Crippen molar-refractivity contribution >= 4 is 11.6 Å². The molecule has 0 saturated heterocycles. The van der Waals surface area contributed by atoms with Crippen LogP contribution in [-0.2, 0) is 0 Å². The summed E-state index contributed by atoms with van der Waals surface area (Å²) in [6, 6.07) is 20.9. The molecule has 0 atom stereocenters. The summed E-state index contributed by atoms with van der Waals surface area (Å²) in [5.74, 6) is 0.606. The SMILES string of the molecule is CC1(C)CN(C(=O)c2cccc(Oc3ccccc3)c2)N=C1c1ccc(O)c(O)c1. The van der Waals surface area contributed by atoms with Crippen LogP contribution in [0.15, 0.2) is 77.9 Å². The Kier molecular flexibility index (Phi) is 4.91. The molecule has 1 heterocycles. The maximum Gasteiger partial charge on any atom is 0.274 e. The zero-order chi connectivity index (χ0) is 21.3. The number of amides is 1. The number of hydrogen-bond acceptors (Lipinski definition) is 5. The molecule has 6 nitrogen and oxygen atoms in total. The lowest BCUT2D eigenvalue weighted by atomic mass is 9.84. The van der Waals surface area contributed by atoms with Gasteiger partial charge in [0, 0.05) is 16.5 Å². The minimum Gasteiger partial charge on any atom is -0.504 e. The van der Waals surface area contributed by atoms with Crippen LogP contribution in [0.4, 0.5) is 0 Å². The smallest absolute Gasteiger partial charge is 0.274 e. The fraction of sp³-hybridized carbons (Fsp3) is 0.167. The van der Waals surface area contributed by atoms with Crippen LogP contribution in [0.1, 0.15) is 29.8 Å². The highest BCUT2D eigenvalue weighted by Gasteiger charge is 2.38. The maximum absolute atomic E-state index is 13.1. The first-order valence-electron chi connectivity index (χ1n) is 9.60. The molecular weight excluding hydrogens is 380 g/mol. The zero-order valence-corrected chi connectivity index (χ0v) is 16.7. The average molecular weight is 402 g/mol. The van der Waals surface area contributed by atoms with Gasteiger partial charge in [-0.15, -0.1) is 0 Å². The van der Waals surface area contributed by atoms with Crippen LogP contribution in [-0.4, -0.2) is 33.4 Å². The van der Waals surface area contributed by atoms with Crippen molar-refractivity contribution in [1.29, 1.82) is 0 Å². The molecule has 0 unspecified atom stereocenters. The van der Waals surface area contributed by atoms with Crippen molar-refractivity contribution in [1.82, 2.24) is 5.01 Å². The lowest BCUT2D eigenvalue weighted by Gasteiger charge is -2.21. The monoisotopic (exact) mass is 402 g/mol. The van der Waals surface area contributed by atoms with Crippen molar-refractivity contribution in [3.05, 3.63) is 83.9 Å². The summed E-state index contributed by atoms with van der Waals surface area (Å²) in [6.07, 6.45) is 0. The Hall–Kier alpha value is -3.80. The number of ether oxygens (including phenoxy) is 1. The molecule has 1 aliphatic heterocycles. The van der Waals surface area contributed by atoms with Gasteiger partial charge in [-0.2, -0.15) is 5.10 Å². The zero-order valence-electron chi connectivity index (χ0n) is 16.7. The molecule has 1 amide bonds. The van der Waals surface area contributed by atoms with E-state index in [0.717, 1.165) is 0 Å². The summed E-state index contributed by atoms with van der Waals surface area (Å²) in [5.41, 5.74) is 1.38. The minimum atomic E-state index is -0.419. The third kappa shape index (κ3) is 3.85. The van der Waals surface area contributed by atoms with Gasteiger partial charge in [-0.25, -0.2) is 5.01 Å². The molecule has 152 valence electrons. The number of phenolic OH excluding ortho intramolecular Hbond substituents is 2. The van der Waals surface area contributed by atoms with E-state index in [1.54, 1.807) is 30.3 Å². The second-order valence-electron chi connectivity index (χ2n) is 7.84. The summed E-state index contributed by atoms with van der Waals surface area (Å²) >= 11 is 0. The largest absolute Gasteiger partial charge is 0.504 e. The number of hydrogen-bond donors (Lipinski definition) is 2. The van der Waals surface area contributed by atoms with Crippen molar-refractivity contribution in [2.45, 2.75) is 13.8 Å². The van der Waals surface area contributed by atoms with Gasteiger partial charge in [0.05, 0.1) is 12.3 Å². The molecular formula is C24H22N2O4. The normalized spacial score (nSPS) is 15.0. The average Bonchev–Trinajstić information content (AvgIpc) is 3.05. The lowest BCUT2D eigenvalue weighted by molar-refractivity contribution is 0.0753. The quantitative estimate of drug-likeness (QED) is 0.616. The Labute approximate surface area is 174 Å². The first kappa shape index (κ1) is 19.5. The van der Waals surface area contributed by atoms with E-state index < -0.39 is 5.41 Å². The van der Waals surface area contributed by atoms with Crippen LogP contribution >= 0.6 is 0 Å². The summed E-state index contributed by atoms with van der Waals surface area (Å²) < 4.78 is 5.83. The van der Waals surface area contributed by atoms with Crippen LogP contribution in [0, 0.1) is 5.41 Å². The molecule has 2 N–H and O–H groups in total. The van der Waals surface area contributed by atoms with E-state index in [1.165, 1.54) is 17.1 Å². The lowest BCUT2D eigenvalue weighted by Crippen LogP contribution is -2.31. The Morgan fingerprint density at radius 1 is 0.933 bits per heavy atom. The first-order valence-corrected chi connectivity index (χ1v) is 9.60. The van der Waals surface area contributed by atoms with Gasteiger partial charge in [-0.05, 0) is 48.5 Å². The molecule has 0 radical (unpaired) electrons. The van der Waals surface area contributed by atoms with E-state index in [4.69, 9.17) is 4.74 Å². The molecule has 30 heavy (non-hydrogen) atoms. The van der Waals surface area contributed by atoms with E-state index >= 15 is 0 Å². The molecule has 3 aromatic carbocycles. The molecule has 0 spiro atoms. The van der Waals surface area contributed by atoms with Crippen molar-refractivity contribution in [2.75, 3.05) is 6.54 Å². The highest BCUT2D eigenvalue weighted by atomic mass is 16.5. The van der Waals surface area contributed by atoms with Crippen LogP contribution in [0.25, 0.3) is 0 Å². The van der Waals surface area contributed by atoms with E-state index in [-0.39, 0.29) is 17.4 Å². The molecule has 0 aliphatic carbocycles. The number of aromatic hydroxyl groups is 2. The van der Waals surface area contributed by atoms with Gasteiger partial charge in [0.1, 0.15) is 11.5 Å². The number of carbonyl (C=O) groups is 1. The van der Waals surface area contributed by atoms with E-state index in [2.05, 4.69) is 5.10 Å². The van der Waals surface area contributed by atoms with Gasteiger partial charge in [0.25, 0.3) is 5.91 Å². The first-order chi connectivity index (χ1) is 14.3. The summed E-state index contributed by atoms with van der Waals surface area (Å²) in [7, 11) is 0. The van der Waals surface area contributed by atoms with Crippen molar-refractivity contribution in [3.63, 3.8) is 0 Å². The van der Waals surface area contributed by atoms with Gasteiger partial charge in [0.15, 0.2) is 11.5 Å². The number of carbonyl (C=O) groups excluding carboxylic acids is 1. The molecule has 0 bridgehead atoms. The third-order valence-corrected chi connectivity index (χ3v) is 4.95. The van der Waals surface area contributed by atoms with Crippen LogP contribution < -0.4 is 4.74 Å². The highest BCUT2D eigenvalue weighted by Crippen LogP contribution is 2.34. The van der Waals surface area contributed by atoms with Crippen LogP contribution in [0.2, 0.25) is 0 Å². The third-order valence-electron chi connectivity index (χ3n) is 4.95. The van der Waals surface area contributed by atoms with Crippen molar-refractivity contribution < 1.29 is 19.7 Å². The van der Waals surface area contributed by atoms with E-state index in [0.29, 0.717) is 34.9 Å². The number of benzene rings is 3. The van der Waals surface area contributed by atoms with Gasteiger partial charge >= 0.3 is 0 Å². The maximum atomic E-state index is 13.1. The summed E-state index contributed by atoms with van der Waals surface area (Å²) in [6.45, 7) is 4.36. The van der Waals surface area contributed by atoms with Crippen LogP contribution in [0.3, 0.4) is 0 Å². The second-order valence-corrected chi connectivity index (χ2v) is 7.84. The van der Waals surface area contributed by atoms with Gasteiger partial charge in [-0.3, -0.25) is 4.79 Å². The molecule has 6 heteroatoms. The fourth-order valence-electron chi connectivity index (χ4n) is 3.44. The Morgan fingerprint density at radius 2 is 1.67 bits per heavy atom.